The van der Waals surface area contributed by atoms with E-state index < -0.39 is 0 Å². The summed E-state index contributed by atoms with van der Waals surface area (Å²) in [6, 6.07) is 13.1. The van der Waals surface area contributed by atoms with Crippen molar-refractivity contribution < 1.29 is 14.3 Å². The first-order valence-electron chi connectivity index (χ1n) is 11.9. The molecule has 36 heavy (non-hydrogen) atoms. The highest BCUT2D eigenvalue weighted by Gasteiger charge is 2.34. The maximum atomic E-state index is 13.3. The first-order chi connectivity index (χ1) is 17.4. The minimum Gasteiger partial charge on any atom is -0.495 e. The number of carbonyl (C=O) groups is 2. The number of methoxy groups -OCH3 is 1. The zero-order valence-electron chi connectivity index (χ0n) is 20.9. The van der Waals surface area contributed by atoms with Crippen molar-refractivity contribution in [1.29, 1.82) is 0 Å². The van der Waals surface area contributed by atoms with Gasteiger partial charge in [-0.05, 0) is 56.5 Å². The number of thioether (sulfide) groups is 1. The van der Waals surface area contributed by atoms with E-state index in [0.29, 0.717) is 35.2 Å². The van der Waals surface area contributed by atoms with Crippen LogP contribution in [-0.2, 0) is 11.3 Å². The van der Waals surface area contributed by atoms with Crippen LogP contribution < -0.4 is 10.1 Å². The van der Waals surface area contributed by atoms with E-state index in [9.17, 15) is 9.59 Å². The highest BCUT2D eigenvalue weighted by molar-refractivity contribution is 7.99. The van der Waals surface area contributed by atoms with E-state index >= 15 is 0 Å². The Bertz CT molecular complexity index is 1250. The van der Waals surface area contributed by atoms with Crippen LogP contribution >= 0.6 is 11.8 Å². The average Bonchev–Trinajstić information content (AvgIpc) is 3.50. The van der Waals surface area contributed by atoms with Gasteiger partial charge in [0.15, 0.2) is 11.0 Å². The molecule has 1 N–H and O–H groups in total. The molecule has 2 amide bonds. The molecular formula is C27H31N5O3S. The fraction of sp³-hybridized carbons (Fsp3) is 0.333. The quantitative estimate of drug-likeness (QED) is 0.332. The number of rotatable bonds is 9. The minimum atomic E-state index is -0.175. The molecule has 1 atom stereocenters. The molecule has 0 radical (unpaired) electrons. The van der Waals surface area contributed by atoms with Gasteiger partial charge in [0, 0.05) is 18.7 Å². The van der Waals surface area contributed by atoms with Crippen LogP contribution in [0.15, 0.2) is 60.3 Å². The van der Waals surface area contributed by atoms with Crippen LogP contribution in [0.25, 0.3) is 0 Å². The summed E-state index contributed by atoms with van der Waals surface area (Å²) in [6.07, 6.45) is 3.48. The number of hydrogen-bond donors (Lipinski definition) is 1. The van der Waals surface area contributed by atoms with Crippen molar-refractivity contribution in [3.8, 4) is 5.75 Å². The molecule has 0 aliphatic carbocycles. The summed E-state index contributed by atoms with van der Waals surface area (Å²) in [6.45, 7) is 8.99. The van der Waals surface area contributed by atoms with Crippen LogP contribution in [0, 0.1) is 13.8 Å². The van der Waals surface area contributed by atoms with Gasteiger partial charge in [0.05, 0.1) is 24.6 Å². The SMILES string of the molecule is C=CCn1c(SCC(=O)Nc2cc(C)ccc2OC)nnc1C1CCCN1C(=O)c1ccc(C)cc1. The molecule has 0 bridgehead atoms. The van der Waals surface area contributed by atoms with Crippen LogP contribution in [0.3, 0.4) is 0 Å². The molecule has 0 saturated carbocycles. The number of nitrogens with zero attached hydrogens (tertiary/aromatic N) is 4. The van der Waals surface area contributed by atoms with Crippen molar-refractivity contribution >= 4 is 29.3 Å². The summed E-state index contributed by atoms with van der Waals surface area (Å²) >= 11 is 1.30. The molecule has 1 aliphatic rings. The lowest BCUT2D eigenvalue weighted by molar-refractivity contribution is -0.113. The Morgan fingerprint density at radius 1 is 1.17 bits per heavy atom. The van der Waals surface area contributed by atoms with E-state index in [1.165, 1.54) is 11.8 Å². The lowest BCUT2D eigenvalue weighted by atomic mass is 10.1. The molecule has 0 spiro atoms. The third kappa shape index (κ3) is 5.62. The Hall–Kier alpha value is -3.59. The number of aromatic nitrogens is 3. The van der Waals surface area contributed by atoms with Gasteiger partial charge < -0.3 is 19.5 Å². The van der Waals surface area contributed by atoms with Crippen LogP contribution in [0.2, 0.25) is 0 Å². The van der Waals surface area contributed by atoms with Crippen LogP contribution in [0.5, 0.6) is 5.75 Å². The van der Waals surface area contributed by atoms with Gasteiger partial charge in [0.2, 0.25) is 5.91 Å². The van der Waals surface area contributed by atoms with Gasteiger partial charge in [-0.25, -0.2) is 0 Å². The maximum Gasteiger partial charge on any atom is 0.254 e. The van der Waals surface area contributed by atoms with Crippen LogP contribution in [0.1, 0.15) is 46.2 Å². The molecule has 1 aliphatic heterocycles. The van der Waals surface area contributed by atoms with Crippen molar-refractivity contribution in [2.24, 2.45) is 0 Å². The van der Waals surface area contributed by atoms with E-state index in [4.69, 9.17) is 4.74 Å². The highest BCUT2D eigenvalue weighted by atomic mass is 32.2. The minimum absolute atomic E-state index is 0.00802. The summed E-state index contributed by atoms with van der Waals surface area (Å²) in [5, 5.41) is 12.4. The fourth-order valence-electron chi connectivity index (χ4n) is 4.33. The molecule has 2 aromatic carbocycles. The molecule has 9 heteroatoms. The van der Waals surface area contributed by atoms with E-state index in [-0.39, 0.29) is 23.6 Å². The van der Waals surface area contributed by atoms with Gasteiger partial charge in [-0.1, -0.05) is 41.6 Å². The van der Waals surface area contributed by atoms with Gasteiger partial charge >= 0.3 is 0 Å². The molecule has 8 nitrogen and oxygen atoms in total. The molecule has 3 aromatic rings. The highest BCUT2D eigenvalue weighted by Crippen LogP contribution is 2.34. The zero-order chi connectivity index (χ0) is 25.7. The number of allylic oxidation sites excluding steroid dienone is 1. The molecule has 1 fully saturated rings. The number of hydrogen-bond acceptors (Lipinski definition) is 6. The van der Waals surface area contributed by atoms with Crippen molar-refractivity contribution in [2.45, 2.75) is 44.4 Å². The number of likely N-dealkylation sites (tertiary alicyclic amines) is 1. The Morgan fingerprint density at radius 3 is 2.64 bits per heavy atom. The normalized spacial score (nSPS) is 15.1. The van der Waals surface area contributed by atoms with E-state index in [1.54, 1.807) is 13.2 Å². The first-order valence-corrected chi connectivity index (χ1v) is 12.9. The van der Waals surface area contributed by atoms with Gasteiger partial charge in [0.25, 0.3) is 5.91 Å². The predicted octanol–water partition coefficient (Wildman–Crippen LogP) is 4.80. The Balaban J connectivity index is 1.49. The Kier molecular flexibility index (Phi) is 8.10. The standard InChI is InChI=1S/C27H31N5O3S/c1-5-14-32-25(22-7-6-15-31(22)26(34)20-11-8-18(2)9-12-20)29-30-27(32)36-17-24(33)28-21-16-19(3)10-13-23(21)35-4/h5,8-13,16,22H,1,6-7,14-15,17H2,2-4H3,(H,28,33). The number of anilines is 1. The molecule has 1 aromatic heterocycles. The van der Waals surface area contributed by atoms with Crippen molar-refractivity contribution in [2.75, 3.05) is 24.7 Å². The number of benzene rings is 2. The summed E-state index contributed by atoms with van der Waals surface area (Å²) in [4.78, 5) is 27.8. The van der Waals surface area contributed by atoms with Crippen molar-refractivity contribution in [1.82, 2.24) is 19.7 Å². The first kappa shape index (κ1) is 25.5. The summed E-state index contributed by atoms with van der Waals surface area (Å²) in [5.41, 5.74) is 3.44. The second-order valence-electron chi connectivity index (χ2n) is 8.80. The van der Waals surface area contributed by atoms with E-state index in [0.717, 1.165) is 29.8 Å². The van der Waals surface area contributed by atoms with E-state index in [2.05, 4.69) is 22.1 Å². The second-order valence-corrected chi connectivity index (χ2v) is 9.75. The lowest BCUT2D eigenvalue weighted by Crippen LogP contribution is -2.32. The zero-order valence-corrected chi connectivity index (χ0v) is 21.7. The Morgan fingerprint density at radius 2 is 1.92 bits per heavy atom. The molecule has 188 valence electrons. The topological polar surface area (TPSA) is 89.3 Å². The number of amides is 2. The number of aryl methyl sites for hydroxylation is 2. The maximum absolute atomic E-state index is 13.3. The largest absolute Gasteiger partial charge is 0.495 e. The van der Waals surface area contributed by atoms with E-state index in [1.807, 2.05) is 65.8 Å². The predicted molar refractivity (Wildman–Crippen MR) is 141 cm³/mol. The molecule has 2 heterocycles. The molecule has 1 unspecified atom stereocenters. The van der Waals surface area contributed by atoms with Crippen molar-refractivity contribution in [3.63, 3.8) is 0 Å². The summed E-state index contributed by atoms with van der Waals surface area (Å²) < 4.78 is 7.30. The summed E-state index contributed by atoms with van der Waals surface area (Å²) in [5.74, 6) is 1.30. The Labute approximate surface area is 215 Å². The fourth-order valence-corrected chi connectivity index (χ4v) is 5.08. The lowest BCUT2D eigenvalue weighted by Gasteiger charge is -2.24. The second kappa shape index (κ2) is 11.4. The number of carbonyl (C=O) groups excluding carboxylic acids is 2. The molecule has 4 rings (SSSR count). The third-order valence-corrected chi connectivity index (χ3v) is 7.10. The van der Waals surface area contributed by atoms with Gasteiger partial charge in [0.1, 0.15) is 5.75 Å². The van der Waals surface area contributed by atoms with Gasteiger partial charge in [-0.15, -0.1) is 16.8 Å². The molecule has 1 saturated heterocycles. The average molecular weight is 506 g/mol. The third-order valence-electron chi connectivity index (χ3n) is 6.13. The smallest absolute Gasteiger partial charge is 0.254 e. The monoisotopic (exact) mass is 505 g/mol. The summed E-state index contributed by atoms with van der Waals surface area (Å²) in [7, 11) is 1.57. The van der Waals surface area contributed by atoms with Crippen LogP contribution in [-0.4, -0.2) is 50.9 Å². The van der Waals surface area contributed by atoms with Crippen molar-refractivity contribution in [3.05, 3.63) is 77.6 Å². The van der Waals surface area contributed by atoms with Gasteiger partial charge in [-0.2, -0.15) is 0 Å². The number of nitrogens with one attached hydrogen (secondary N) is 1. The van der Waals surface area contributed by atoms with Gasteiger partial charge in [-0.3, -0.25) is 9.59 Å². The molecular weight excluding hydrogens is 474 g/mol. The number of ether oxygens (including phenoxy) is 1. The van der Waals surface area contributed by atoms with Crippen LogP contribution in [0.4, 0.5) is 5.69 Å².